The molecule has 4 nitrogen and oxygen atoms in total. The third-order valence-corrected chi connectivity index (χ3v) is 4.62. The molecule has 0 spiro atoms. The zero-order valence-electron chi connectivity index (χ0n) is 14.3. The second kappa shape index (κ2) is 7.73. The topological polar surface area (TPSA) is 42.7 Å². The predicted molar refractivity (Wildman–Crippen MR) is 94.2 cm³/mol. The van der Waals surface area contributed by atoms with E-state index >= 15 is 0 Å². The van der Waals surface area contributed by atoms with Crippen LogP contribution in [-0.4, -0.2) is 21.0 Å². The Bertz CT molecular complexity index is 595. The van der Waals surface area contributed by atoms with Gasteiger partial charge in [0.25, 0.3) is 0 Å². The van der Waals surface area contributed by atoms with Crippen LogP contribution in [0.15, 0.2) is 30.3 Å². The second-order valence-electron chi connectivity index (χ2n) is 6.84. The summed E-state index contributed by atoms with van der Waals surface area (Å²) in [6.45, 7) is 5.05. The molecule has 2 aromatic rings. The van der Waals surface area contributed by atoms with Crippen molar-refractivity contribution in [2.75, 3.05) is 0 Å². The largest absolute Gasteiger partial charge is 0.308 e. The minimum absolute atomic E-state index is 0.282. The van der Waals surface area contributed by atoms with Crippen molar-refractivity contribution in [3.63, 3.8) is 0 Å². The lowest BCUT2D eigenvalue weighted by Crippen LogP contribution is -2.28. The summed E-state index contributed by atoms with van der Waals surface area (Å²) in [4.78, 5) is 1.84. The van der Waals surface area contributed by atoms with Crippen LogP contribution < -0.4 is 5.32 Å². The maximum Gasteiger partial charge on any atom is 0.117 e. The third-order valence-electron chi connectivity index (χ3n) is 4.62. The van der Waals surface area contributed by atoms with Crippen molar-refractivity contribution in [2.24, 2.45) is 0 Å². The molecule has 0 radical (unpaired) electrons. The van der Waals surface area contributed by atoms with Gasteiger partial charge < -0.3 is 5.32 Å². The minimum atomic E-state index is 0.282. The maximum absolute atomic E-state index is 4.74. The van der Waals surface area contributed by atoms with Crippen LogP contribution in [0.4, 0.5) is 0 Å². The molecule has 23 heavy (non-hydrogen) atoms. The number of benzene rings is 1. The molecule has 1 aromatic heterocycles. The monoisotopic (exact) mass is 312 g/mol. The van der Waals surface area contributed by atoms with Crippen LogP contribution in [0.5, 0.6) is 0 Å². The SMILES string of the molecule is CC(C)n1nc(CNC2CCCCCC2)c(-c2ccccc2)n1. The lowest BCUT2D eigenvalue weighted by Gasteiger charge is -2.15. The number of nitrogens with one attached hydrogen (secondary N) is 1. The van der Waals surface area contributed by atoms with E-state index in [0.717, 1.165) is 23.5 Å². The average Bonchev–Trinajstić information content (AvgIpc) is 2.83. The number of hydrogen-bond acceptors (Lipinski definition) is 3. The molecular weight excluding hydrogens is 284 g/mol. The van der Waals surface area contributed by atoms with E-state index in [9.17, 15) is 0 Å². The summed E-state index contributed by atoms with van der Waals surface area (Å²) in [6.07, 6.45) is 8.05. The Morgan fingerprint density at radius 3 is 2.39 bits per heavy atom. The van der Waals surface area contributed by atoms with Crippen LogP contribution in [0.1, 0.15) is 64.1 Å². The first-order chi connectivity index (χ1) is 11.2. The highest BCUT2D eigenvalue weighted by molar-refractivity contribution is 5.60. The molecule has 1 saturated carbocycles. The Morgan fingerprint density at radius 1 is 1.04 bits per heavy atom. The van der Waals surface area contributed by atoms with E-state index in [4.69, 9.17) is 10.2 Å². The first-order valence-corrected chi connectivity index (χ1v) is 8.98. The average molecular weight is 312 g/mol. The van der Waals surface area contributed by atoms with Gasteiger partial charge in [0.15, 0.2) is 0 Å². The highest BCUT2D eigenvalue weighted by Crippen LogP contribution is 2.22. The fourth-order valence-electron chi connectivity index (χ4n) is 3.25. The van der Waals surface area contributed by atoms with Gasteiger partial charge in [0.2, 0.25) is 0 Å². The molecule has 1 aliphatic carbocycles. The summed E-state index contributed by atoms with van der Waals surface area (Å²) in [6, 6.07) is 11.3. The molecule has 0 saturated heterocycles. The zero-order chi connectivity index (χ0) is 16.1. The molecule has 1 aromatic carbocycles. The molecule has 3 rings (SSSR count). The first-order valence-electron chi connectivity index (χ1n) is 8.98. The van der Waals surface area contributed by atoms with Crippen LogP contribution in [0, 0.1) is 0 Å². The van der Waals surface area contributed by atoms with E-state index in [-0.39, 0.29) is 6.04 Å². The van der Waals surface area contributed by atoms with Crippen molar-refractivity contribution in [2.45, 2.75) is 71.0 Å². The summed E-state index contributed by atoms with van der Waals surface area (Å²) >= 11 is 0. The predicted octanol–water partition coefficient (Wildman–Crippen LogP) is 4.34. The van der Waals surface area contributed by atoms with Gasteiger partial charge in [-0.15, -0.1) is 0 Å². The highest BCUT2D eigenvalue weighted by Gasteiger charge is 2.17. The molecule has 1 heterocycles. The first kappa shape index (κ1) is 16.2. The van der Waals surface area contributed by atoms with Gasteiger partial charge in [0.1, 0.15) is 11.4 Å². The van der Waals surface area contributed by atoms with Crippen LogP contribution in [-0.2, 0) is 6.54 Å². The smallest absolute Gasteiger partial charge is 0.117 e. The molecule has 124 valence electrons. The van der Waals surface area contributed by atoms with E-state index in [1.165, 1.54) is 38.5 Å². The highest BCUT2D eigenvalue weighted by atomic mass is 15.5. The normalized spacial score (nSPS) is 16.7. The van der Waals surface area contributed by atoms with Gasteiger partial charge in [-0.3, -0.25) is 0 Å². The summed E-state index contributed by atoms with van der Waals surface area (Å²) in [5, 5.41) is 13.2. The van der Waals surface area contributed by atoms with Gasteiger partial charge in [0, 0.05) is 18.2 Å². The molecule has 1 aliphatic rings. The molecular formula is C19H28N4. The molecule has 0 unspecified atom stereocenters. The van der Waals surface area contributed by atoms with Crippen LogP contribution in [0.2, 0.25) is 0 Å². The number of hydrogen-bond donors (Lipinski definition) is 1. The van der Waals surface area contributed by atoms with E-state index in [1.807, 2.05) is 10.9 Å². The number of aromatic nitrogens is 3. The number of rotatable bonds is 5. The van der Waals surface area contributed by atoms with E-state index in [0.29, 0.717) is 6.04 Å². The second-order valence-corrected chi connectivity index (χ2v) is 6.84. The van der Waals surface area contributed by atoms with Crippen molar-refractivity contribution in [1.82, 2.24) is 20.3 Å². The lowest BCUT2D eigenvalue weighted by atomic mass is 10.1. The summed E-state index contributed by atoms with van der Waals surface area (Å²) < 4.78 is 0. The van der Waals surface area contributed by atoms with E-state index in [1.54, 1.807) is 0 Å². The van der Waals surface area contributed by atoms with Gasteiger partial charge in [-0.2, -0.15) is 15.0 Å². The fourth-order valence-corrected chi connectivity index (χ4v) is 3.25. The Balaban J connectivity index is 1.77. The van der Waals surface area contributed by atoms with Gasteiger partial charge in [0.05, 0.1) is 6.04 Å². The zero-order valence-corrected chi connectivity index (χ0v) is 14.3. The Hall–Kier alpha value is -1.68. The van der Waals surface area contributed by atoms with Crippen LogP contribution in [0.3, 0.4) is 0 Å². The molecule has 1 N–H and O–H groups in total. The van der Waals surface area contributed by atoms with Crippen molar-refractivity contribution < 1.29 is 0 Å². The Labute approximate surface area is 139 Å². The van der Waals surface area contributed by atoms with Crippen LogP contribution >= 0.6 is 0 Å². The quantitative estimate of drug-likeness (QED) is 0.835. The Morgan fingerprint density at radius 2 is 1.74 bits per heavy atom. The van der Waals surface area contributed by atoms with Crippen LogP contribution in [0.25, 0.3) is 11.3 Å². The number of nitrogens with zero attached hydrogens (tertiary/aromatic N) is 3. The summed E-state index contributed by atoms with van der Waals surface area (Å²) in [5.74, 6) is 0. The van der Waals surface area contributed by atoms with Gasteiger partial charge in [-0.25, -0.2) is 0 Å². The van der Waals surface area contributed by atoms with Gasteiger partial charge in [-0.1, -0.05) is 56.0 Å². The molecule has 4 heteroatoms. The molecule has 0 atom stereocenters. The van der Waals surface area contributed by atoms with E-state index < -0.39 is 0 Å². The molecule has 1 fully saturated rings. The van der Waals surface area contributed by atoms with Gasteiger partial charge >= 0.3 is 0 Å². The minimum Gasteiger partial charge on any atom is -0.308 e. The molecule has 0 amide bonds. The van der Waals surface area contributed by atoms with Gasteiger partial charge in [-0.05, 0) is 26.7 Å². The van der Waals surface area contributed by atoms with Crippen molar-refractivity contribution in [3.05, 3.63) is 36.0 Å². The Kier molecular flexibility index (Phi) is 5.44. The van der Waals surface area contributed by atoms with Crippen molar-refractivity contribution in [3.8, 4) is 11.3 Å². The van der Waals surface area contributed by atoms with E-state index in [2.05, 4.69) is 43.4 Å². The summed E-state index contributed by atoms with van der Waals surface area (Å²) in [5.41, 5.74) is 3.23. The fraction of sp³-hybridized carbons (Fsp3) is 0.579. The molecule has 0 bridgehead atoms. The van der Waals surface area contributed by atoms with Crippen molar-refractivity contribution in [1.29, 1.82) is 0 Å². The van der Waals surface area contributed by atoms with Crippen molar-refractivity contribution >= 4 is 0 Å². The maximum atomic E-state index is 4.74. The summed E-state index contributed by atoms with van der Waals surface area (Å²) in [7, 11) is 0. The third kappa shape index (κ3) is 4.20. The molecule has 0 aliphatic heterocycles. The standard InChI is InChI=1S/C19H28N4/c1-15(2)23-21-18(14-20-17-12-8-3-4-9-13-17)19(22-23)16-10-6-5-7-11-16/h5-7,10-11,15,17,20H,3-4,8-9,12-14H2,1-2H3. The lowest BCUT2D eigenvalue weighted by molar-refractivity contribution is 0.441.